The lowest BCUT2D eigenvalue weighted by Crippen LogP contribution is -2.02. The average Bonchev–Trinajstić information content (AvgIpc) is 2.75. The summed E-state index contributed by atoms with van der Waals surface area (Å²) in [6, 6.07) is 4.87. The number of hydrogen-bond donors (Lipinski definition) is 0. The first-order valence-corrected chi connectivity index (χ1v) is 7.53. The molecule has 1 heterocycles. The number of ketones is 1. The van der Waals surface area contributed by atoms with Crippen molar-refractivity contribution in [3.05, 3.63) is 38.8 Å². The Bertz CT molecular complexity index is 586. The zero-order valence-corrected chi connectivity index (χ0v) is 12.5. The third-order valence-electron chi connectivity index (χ3n) is 2.08. The van der Waals surface area contributed by atoms with Crippen LogP contribution >= 0.6 is 46.3 Å². The van der Waals surface area contributed by atoms with Gasteiger partial charge >= 0.3 is 0 Å². The van der Waals surface area contributed by atoms with Gasteiger partial charge in [-0.25, -0.2) is 0 Å². The molecule has 2 rings (SSSR count). The van der Waals surface area contributed by atoms with Crippen LogP contribution in [0.3, 0.4) is 0 Å². The largest absolute Gasteiger partial charge is 0.293 e. The molecular formula is C11H8Cl2N2OS2. The Morgan fingerprint density at radius 2 is 2.11 bits per heavy atom. The number of carbonyl (C=O) groups is 1. The molecule has 3 nitrogen and oxygen atoms in total. The molecule has 0 amide bonds. The van der Waals surface area contributed by atoms with Crippen LogP contribution in [-0.4, -0.2) is 21.7 Å². The Labute approximate surface area is 123 Å². The number of nitrogens with zero attached hydrogens (tertiary/aromatic N) is 2. The third kappa shape index (κ3) is 3.45. The van der Waals surface area contributed by atoms with Gasteiger partial charge in [-0.1, -0.05) is 46.3 Å². The van der Waals surface area contributed by atoms with Crippen molar-refractivity contribution in [1.82, 2.24) is 10.2 Å². The van der Waals surface area contributed by atoms with Crippen LogP contribution in [0.4, 0.5) is 0 Å². The summed E-state index contributed by atoms with van der Waals surface area (Å²) in [6.07, 6.45) is 0. The van der Waals surface area contributed by atoms with Crippen LogP contribution in [0.5, 0.6) is 0 Å². The molecule has 1 aromatic carbocycles. The quantitative estimate of drug-likeness (QED) is 0.628. The van der Waals surface area contributed by atoms with Gasteiger partial charge < -0.3 is 0 Å². The van der Waals surface area contributed by atoms with E-state index in [1.165, 1.54) is 23.1 Å². The van der Waals surface area contributed by atoms with Crippen molar-refractivity contribution in [3.8, 4) is 0 Å². The van der Waals surface area contributed by atoms with Gasteiger partial charge in [0, 0.05) is 5.56 Å². The van der Waals surface area contributed by atoms with E-state index >= 15 is 0 Å². The number of benzene rings is 1. The highest BCUT2D eigenvalue weighted by atomic mass is 35.5. The van der Waals surface area contributed by atoms with Gasteiger partial charge in [-0.15, -0.1) is 10.2 Å². The molecule has 2 aromatic rings. The number of aryl methyl sites for hydroxylation is 1. The standard InChI is InChI=1S/C11H8Cl2N2OS2/c1-6-14-15-11(18-6)17-5-10(16)7-2-3-8(12)9(13)4-7/h2-4H,5H2,1H3. The second-order valence-corrected chi connectivity index (χ2v) is 6.65. The summed E-state index contributed by atoms with van der Waals surface area (Å²) < 4.78 is 0.793. The lowest BCUT2D eigenvalue weighted by molar-refractivity contribution is 0.102. The number of carbonyl (C=O) groups excluding carboxylic acids is 1. The van der Waals surface area contributed by atoms with Gasteiger partial charge in [0.05, 0.1) is 15.8 Å². The Kier molecular flexibility index (Phi) is 4.61. The molecule has 1 aromatic heterocycles. The van der Waals surface area contributed by atoms with E-state index in [2.05, 4.69) is 10.2 Å². The summed E-state index contributed by atoms with van der Waals surface area (Å²) in [6.45, 7) is 1.88. The molecule has 0 aliphatic heterocycles. The van der Waals surface area contributed by atoms with Crippen LogP contribution in [0.2, 0.25) is 10.0 Å². The molecule has 0 saturated heterocycles. The SMILES string of the molecule is Cc1nnc(SCC(=O)c2ccc(Cl)c(Cl)c2)s1. The van der Waals surface area contributed by atoms with Gasteiger partial charge in [-0.3, -0.25) is 4.79 Å². The monoisotopic (exact) mass is 318 g/mol. The normalized spacial score (nSPS) is 10.6. The molecule has 0 bridgehead atoms. The van der Waals surface area contributed by atoms with Gasteiger partial charge in [0.2, 0.25) is 0 Å². The highest BCUT2D eigenvalue weighted by molar-refractivity contribution is 8.01. The van der Waals surface area contributed by atoms with Crippen molar-refractivity contribution in [3.63, 3.8) is 0 Å². The van der Waals surface area contributed by atoms with E-state index < -0.39 is 0 Å². The Balaban J connectivity index is 2.01. The summed E-state index contributed by atoms with van der Waals surface area (Å²) in [7, 11) is 0. The van der Waals surface area contributed by atoms with Crippen molar-refractivity contribution in [2.24, 2.45) is 0 Å². The summed E-state index contributed by atoms with van der Waals surface area (Å²) in [5, 5.41) is 9.56. The van der Waals surface area contributed by atoms with Gasteiger partial charge in [0.1, 0.15) is 5.01 Å². The number of Topliss-reactive ketones (excluding diaryl/α,β-unsaturated/α-hetero) is 1. The second-order valence-electron chi connectivity index (χ2n) is 3.43. The summed E-state index contributed by atoms with van der Waals surface area (Å²) >= 11 is 14.5. The topological polar surface area (TPSA) is 42.9 Å². The van der Waals surface area contributed by atoms with Crippen LogP contribution in [-0.2, 0) is 0 Å². The molecule has 0 radical (unpaired) electrons. The minimum atomic E-state index is -0.00794. The lowest BCUT2D eigenvalue weighted by atomic mass is 10.1. The van der Waals surface area contributed by atoms with Crippen LogP contribution in [0, 0.1) is 6.92 Å². The molecule has 0 unspecified atom stereocenters. The molecule has 0 aliphatic carbocycles. The predicted octanol–water partition coefficient (Wildman–Crippen LogP) is 4.13. The summed E-state index contributed by atoms with van der Waals surface area (Å²) in [4.78, 5) is 11.9. The second kappa shape index (κ2) is 6.02. The molecule has 7 heteroatoms. The van der Waals surface area contributed by atoms with Gasteiger partial charge in [-0.05, 0) is 25.1 Å². The van der Waals surface area contributed by atoms with E-state index in [0.717, 1.165) is 9.35 Å². The summed E-state index contributed by atoms with van der Waals surface area (Å²) in [5.74, 6) is 0.304. The fraction of sp³-hybridized carbons (Fsp3) is 0.182. The van der Waals surface area contributed by atoms with E-state index in [4.69, 9.17) is 23.2 Å². The number of thioether (sulfide) groups is 1. The van der Waals surface area contributed by atoms with E-state index in [0.29, 0.717) is 21.4 Å². The first-order chi connectivity index (χ1) is 8.56. The van der Waals surface area contributed by atoms with Crippen molar-refractivity contribution < 1.29 is 4.79 Å². The highest BCUT2D eigenvalue weighted by Crippen LogP contribution is 2.25. The number of hydrogen-bond acceptors (Lipinski definition) is 5. The van der Waals surface area contributed by atoms with E-state index in [-0.39, 0.29) is 5.78 Å². The first kappa shape index (κ1) is 13.8. The van der Waals surface area contributed by atoms with Crippen molar-refractivity contribution >= 4 is 52.1 Å². The van der Waals surface area contributed by atoms with Crippen LogP contribution < -0.4 is 0 Å². The summed E-state index contributed by atoms with van der Waals surface area (Å²) in [5.41, 5.74) is 0.554. The Morgan fingerprint density at radius 3 is 2.72 bits per heavy atom. The predicted molar refractivity (Wildman–Crippen MR) is 76.2 cm³/mol. The molecule has 0 atom stereocenters. The van der Waals surface area contributed by atoms with Gasteiger partial charge in [0.15, 0.2) is 10.1 Å². The maximum atomic E-state index is 11.9. The smallest absolute Gasteiger partial charge is 0.174 e. The van der Waals surface area contributed by atoms with Crippen molar-refractivity contribution in [2.75, 3.05) is 5.75 Å². The first-order valence-electron chi connectivity index (χ1n) is 4.97. The molecule has 0 spiro atoms. The van der Waals surface area contributed by atoms with Gasteiger partial charge in [0.25, 0.3) is 0 Å². The number of rotatable bonds is 4. The molecule has 0 N–H and O–H groups in total. The maximum absolute atomic E-state index is 11.9. The third-order valence-corrected chi connectivity index (χ3v) is 4.79. The fourth-order valence-electron chi connectivity index (χ4n) is 1.22. The van der Waals surface area contributed by atoms with Gasteiger partial charge in [-0.2, -0.15) is 0 Å². The fourth-order valence-corrected chi connectivity index (χ4v) is 3.23. The zero-order chi connectivity index (χ0) is 13.1. The molecular weight excluding hydrogens is 311 g/mol. The van der Waals surface area contributed by atoms with E-state index in [1.807, 2.05) is 6.92 Å². The van der Waals surface area contributed by atoms with Crippen molar-refractivity contribution in [1.29, 1.82) is 0 Å². The molecule has 0 saturated carbocycles. The van der Waals surface area contributed by atoms with Crippen LogP contribution in [0.25, 0.3) is 0 Å². The minimum absolute atomic E-state index is 0.00794. The Morgan fingerprint density at radius 1 is 1.33 bits per heavy atom. The number of halogens is 2. The van der Waals surface area contributed by atoms with Crippen LogP contribution in [0.15, 0.2) is 22.5 Å². The maximum Gasteiger partial charge on any atom is 0.174 e. The van der Waals surface area contributed by atoms with E-state index in [9.17, 15) is 4.79 Å². The highest BCUT2D eigenvalue weighted by Gasteiger charge is 2.10. The zero-order valence-electron chi connectivity index (χ0n) is 9.31. The van der Waals surface area contributed by atoms with Crippen molar-refractivity contribution in [2.45, 2.75) is 11.3 Å². The Hall–Kier alpha value is -0.620. The molecule has 0 fully saturated rings. The van der Waals surface area contributed by atoms with Crippen LogP contribution in [0.1, 0.15) is 15.4 Å². The minimum Gasteiger partial charge on any atom is -0.293 e. The molecule has 94 valence electrons. The lowest BCUT2D eigenvalue weighted by Gasteiger charge is -2.01. The average molecular weight is 319 g/mol. The van der Waals surface area contributed by atoms with E-state index in [1.54, 1.807) is 18.2 Å². The number of aromatic nitrogens is 2. The molecule has 0 aliphatic rings. The molecule has 18 heavy (non-hydrogen) atoms.